The van der Waals surface area contributed by atoms with Crippen LogP contribution in [0.15, 0.2) is 0 Å². The highest BCUT2D eigenvalue weighted by atomic mass is 32.1. The molecule has 0 aliphatic heterocycles. The van der Waals surface area contributed by atoms with Crippen LogP contribution < -0.4 is 0 Å². The van der Waals surface area contributed by atoms with Crippen LogP contribution in [-0.2, 0) is 6.42 Å². The largest absolute Gasteiger partial charge is 0.386 e. The summed E-state index contributed by atoms with van der Waals surface area (Å²) < 4.78 is 0. The molecule has 1 atom stereocenters. The lowest BCUT2D eigenvalue weighted by atomic mass is 10.0. The van der Waals surface area contributed by atoms with Crippen LogP contribution in [0.5, 0.6) is 0 Å². The summed E-state index contributed by atoms with van der Waals surface area (Å²) in [6.07, 6.45) is 0.574. The Morgan fingerprint density at radius 1 is 1.20 bits per heavy atom. The van der Waals surface area contributed by atoms with Gasteiger partial charge in [0.15, 0.2) is 0 Å². The Hall–Kier alpha value is -0.410. The van der Waals surface area contributed by atoms with Gasteiger partial charge in [-0.15, -0.1) is 11.3 Å². The molecule has 1 heterocycles. The quantitative estimate of drug-likeness (QED) is 0.853. The van der Waals surface area contributed by atoms with E-state index in [1.54, 1.807) is 18.3 Å². The molecule has 0 saturated carbocycles. The zero-order valence-electron chi connectivity index (χ0n) is 10.2. The standard InChI is InChI=1S/C12H21NOS/c1-7(2)6-10-11(8(3)4)15-12(13-10)9(5)14/h7-9,14H,6H2,1-5H3. The van der Waals surface area contributed by atoms with Crippen molar-refractivity contribution in [3.05, 3.63) is 15.6 Å². The van der Waals surface area contributed by atoms with E-state index in [4.69, 9.17) is 0 Å². The van der Waals surface area contributed by atoms with E-state index in [0.717, 1.165) is 11.4 Å². The molecular weight excluding hydrogens is 206 g/mol. The summed E-state index contributed by atoms with van der Waals surface area (Å²) in [5.41, 5.74) is 1.18. The fraction of sp³-hybridized carbons (Fsp3) is 0.750. The Kier molecular flexibility index (Phi) is 4.29. The Balaban J connectivity index is 3.00. The lowest BCUT2D eigenvalue weighted by molar-refractivity contribution is 0.198. The fourth-order valence-corrected chi connectivity index (χ4v) is 2.58. The van der Waals surface area contributed by atoms with Gasteiger partial charge in [0, 0.05) is 4.88 Å². The number of aromatic nitrogens is 1. The fourth-order valence-electron chi connectivity index (χ4n) is 1.55. The van der Waals surface area contributed by atoms with Gasteiger partial charge in [-0.05, 0) is 25.2 Å². The molecule has 0 saturated heterocycles. The maximum atomic E-state index is 9.53. The molecular formula is C12H21NOS. The molecule has 1 aromatic rings. The molecule has 86 valence electrons. The van der Waals surface area contributed by atoms with E-state index < -0.39 is 6.10 Å². The first kappa shape index (κ1) is 12.7. The highest BCUT2D eigenvalue weighted by Gasteiger charge is 2.17. The van der Waals surface area contributed by atoms with Crippen molar-refractivity contribution in [2.24, 2.45) is 5.92 Å². The lowest BCUT2D eigenvalue weighted by Crippen LogP contribution is -1.99. The summed E-state index contributed by atoms with van der Waals surface area (Å²) in [4.78, 5) is 5.87. The van der Waals surface area contributed by atoms with Gasteiger partial charge in [0.25, 0.3) is 0 Å². The summed E-state index contributed by atoms with van der Waals surface area (Å²) in [6.45, 7) is 10.5. The average molecular weight is 227 g/mol. The smallest absolute Gasteiger partial charge is 0.121 e. The van der Waals surface area contributed by atoms with Crippen molar-refractivity contribution >= 4 is 11.3 Å². The minimum absolute atomic E-state index is 0.437. The number of aliphatic hydroxyl groups excluding tert-OH is 1. The van der Waals surface area contributed by atoms with E-state index in [1.807, 2.05) is 0 Å². The summed E-state index contributed by atoms with van der Waals surface area (Å²) >= 11 is 1.66. The van der Waals surface area contributed by atoms with Crippen molar-refractivity contribution in [2.45, 2.75) is 53.1 Å². The maximum Gasteiger partial charge on any atom is 0.121 e. The molecule has 0 aliphatic rings. The van der Waals surface area contributed by atoms with Gasteiger partial charge in [-0.2, -0.15) is 0 Å². The zero-order chi connectivity index (χ0) is 11.6. The van der Waals surface area contributed by atoms with E-state index in [0.29, 0.717) is 11.8 Å². The molecule has 0 aromatic carbocycles. The summed E-state index contributed by atoms with van der Waals surface area (Å²) in [5.74, 6) is 1.12. The van der Waals surface area contributed by atoms with Crippen LogP contribution >= 0.6 is 11.3 Å². The van der Waals surface area contributed by atoms with Crippen LogP contribution in [0.25, 0.3) is 0 Å². The molecule has 1 aromatic heterocycles. The second-order valence-electron chi connectivity index (χ2n) is 4.79. The van der Waals surface area contributed by atoms with Gasteiger partial charge in [-0.25, -0.2) is 4.98 Å². The summed E-state index contributed by atoms with van der Waals surface area (Å²) in [6, 6.07) is 0. The second kappa shape index (κ2) is 5.08. The van der Waals surface area contributed by atoms with Crippen LogP contribution in [-0.4, -0.2) is 10.1 Å². The molecule has 2 nitrogen and oxygen atoms in total. The monoisotopic (exact) mass is 227 g/mol. The van der Waals surface area contributed by atoms with Gasteiger partial charge in [0.2, 0.25) is 0 Å². The molecule has 0 radical (unpaired) electrons. The topological polar surface area (TPSA) is 33.1 Å². The molecule has 3 heteroatoms. The van der Waals surface area contributed by atoms with Crippen LogP contribution in [0, 0.1) is 5.92 Å². The average Bonchev–Trinajstić information content (AvgIpc) is 2.46. The van der Waals surface area contributed by atoms with Crippen LogP contribution in [0.2, 0.25) is 0 Å². The van der Waals surface area contributed by atoms with Crippen molar-refractivity contribution in [2.75, 3.05) is 0 Å². The third-order valence-electron chi connectivity index (χ3n) is 2.23. The molecule has 1 rings (SSSR count). The molecule has 0 bridgehead atoms. The Morgan fingerprint density at radius 3 is 2.20 bits per heavy atom. The highest BCUT2D eigenvalue weighted by molar-refractivity contribution is 7.11. The van der Waals surface area contributed by atoms with Crippen molar-refractivity contribution in [1.29, 1.82) is 0 Å². The summed E-state index contributed by atoms with van der Waals surface area (Å²) in [7, 11) is 0. The summed E-state index contributed by atoms with van der Waals surface area (Å²) in [5, 5.41) is 10.4. The van der Waals surface area contributed by atoms with Crippen molar-refractivity contribution in [3.63, 3.8) is 0 Å². The number of aliphatic hydroxyl groups is 1. The minimum atomic E-state index is -0.437. The molecule has 1 N–H and O–H groups in total. The first-order valence-corrected chi connectivity index (χ1v) is 6.41. The van der Waals surface area contributed by atoms with Crippen LogP contribution in [0.4, 0.5) is 0 Å². The van der Waals surface area contributed by atoms with Gasteiger partial charge in [-0.1, -0.05) is 27.7 Å². The Morgan fingerprint density at radius 2 is 1.80 bits per heavy atom. The van der Waals surface area contributed by atoms with Gasteiger partial charge in [-0.3, -0.25) is 0 Å². The van der Waals surface area contributed by atoms with E-state index >= 15 is 0 Å². The van der Waals surface area contributed by atoms with Gasteiger partial charge >= 0.3 is 0 Å². The number of rotatable bonds is 4. The number of thiazole rings is 1. The van der Waals surface area contributed by atoms with Crippen molar-refractivity contribution < 1.29 is 5.11 Å². The Bertz CT molecular complexity index is 315. The molecule has 15 heavy (non-hydrogen) atoms. The normalized spacial score (nSPS) is 13.9. The van der Waals surface area contributed by atoms with Gasteiger partial charge < -0.3 is 5.11 Å². The third kappa shape index (κ3) is 3.28. The zero-order valence-corrected chi connectivity index (χ0v) is 11.1. The second-order valence-corrected chi connectivity index (χ2v) is 5.85. The van der Waals surface area contributed by atoms with E-state index in [9.17, 15) is 5.11 Å². The SMILES string of the molecule is CC(C)Cc1nc(C(C)O)sc1C(C)C. The third-order valence-corrected chi connectivity index (χ3v) is 3.80. The lowest BCUT2D eigenvalue weighted by Gasteiger charge is -2.06. The highest BCUT2D eigenvalue weighted by Crippen LogP contribution is 2.31. The minimum Gasteiger partial charge on any atom is -0.386 e. The molecule has 0 amide bonds. The number of hydrogen-bond donors (Lipinski definition) is 1. The van der Waals surface area contributed by atoms with E-state index in [2.05, 4.69) is 32.7 Å². The first-order chi connectivity index (χ1) is 6.91. The Labute approximate surface area is 96.4 Å². The maximum absolute atomic E-state index is 9.53. The van der Waals surface area contributed by atoms with Crippen LogP contribution in [0.1, 0.15) is 62.2 Å². The van der Waals surface area contributed by atoms with Gasteiger partial charge in [0.05, 0.1) is 5.69 Å². The molecule has 1 unspecified atom stereocenters. The van der Waals surface area contributed by atoms with E-state index in [-0.39, 0.29) is 0 Å². The van der Waals surface area contributed by atoms with Crippen molar-refractivity contribution in [3.8, 4) is 0 Å². The number of nitrogens with zero attached hydrogens (tertiary/aromatic N) is 1. The predicted octanol–water partition coefficient (Wildman–Crippen LogP) is 3.52. The predicted molar refractivity (Wildman–Crippen MR) is 65.4 cm³/mol. The van der Waals surface area contributed by atoms with E-state index in [1.165, 1.54) is 10.6 Å². The first-order valence-electron chi connectivity index (χ1n) is 5.59. The molecule has 0 fully saturated rings. The van der Waals surface area contributed by atoms with Gasteiger partial charge in [0.1, 0.15) is 11.1 Å². The number of hydrogen-bond acceptors (Lipinski definition) is 3. The molecule has 0 spiro atoms. The molecule has 0 aliphatic carbocycles. The van der Waals surface area contributed by atoms with Crippen LogP contribution in [0.3, 0.4) is 0 Å². The van der Waals surface area contributed by atoms with Crippen molar-refractivity contribution in [1.82, 2.24) is 4.98 Å².